The third-order valence-electron chi connectivity index (χ3n) is 3.55. The van der Waals surface area contributed by atoms with Crippen molar-refractivity contribution in [1.82, 2.24) is 0 Å². The summed E-state index contributed by atoms with van der Waals surface area (Å²) in [6.45, 7) is 1.77. The maximum absolute atomic E-state index is 12.4. The van der Waals surface area contributed by atoms with Gasteiger partial charge in [-0.3, -0.25) is 4.79 Å². The van der Waals surface area contributed by atoms with Crippen LogP contribution in [-0.2, 0) is 14.9 Å². The van der Waals surface area contributed by atoms with Crippen molar-refractivity contribution in [2.45, 2.75) is 18.2 Å². The minimum absolute atomic E-state index is 0.00197. The normalized spacial score (nSPS) is 11.3. The van der Waals surface area contributed by atoms with Crippen LogP contribution in [0.15, 0.2) is 53.4 Å². The summed E-state index contributed by atoms with van der Waals surface area (Å²) in [4.78, 5) is 11.4. The van der Waals surface area contributed by atoms with E-state index in [9.17, 15) is 13.2 Å². The van der Waals surface area contributed by atoms with E-state index in [0.717, 1.165) is 0 Å². The van der Waals surface area contributed by atoms with Gasteiger partial charge < -0.3 is 13.7 Å². The van der Waals surface area contributed by atoms with Gasteiger partial charge in [0, 0.05) is 6.42 Å². The molecule has 0 aliphatic heterocycles. The van der Waals surface area contributed by atoms with Crippen molar-refractivity contribution >= 4 is 22.0 Å². The number of methoxy groups -OCH3 is 2. The predicted octanol–water partition coefficient (Wildman–Crippen LogP) is 3.46. The summed E-state index contributed by atoms with van der Waals surface area (Å²) in [7, 11) is -1.12. The molecule has 0 bridgehead atoms. The van der Waals surface area contributed by atoms with E-state index in [1.165, 1.54) is 50.6 Å². The molecule has 0 unspecified atom stereocenters. The van der Waals surface area contributed by atoms with E-state index in [2.05, 4.69) is 0 Å². The zero-order valence-electron chi connectivity index (χ0n) is 14.8. The van der Waals surface area contributed by atoms with Crippen molar-refractivity contribution < 1.29 is 26.9 Å². The molecule has 7 heteroatoms. The average Bonchev–Trinajstić information content (AvgIpc) is 2.66. The molecule has 0 aliphatic carbocycles. The topological polar surface area (TPSA) is 78.9 Å². The first-order valence-electron chi connectivity index (χ1n) is 7.87. The highest BCUT2D eigenvalue weighted by atomic mass is 32.2. The Morgan fingerprint density at radius 1 is 1.00 bits per heavy atom. The number of ether oxygens (including phenoxy) is 2. The second-order valence-electron chi connectivity index (χ2n) is 5.28. The van der Waals surface area contributed by atoms with Crippen LogP contribution in [0.4, 0.5) is 0 Å². The highest BCUT2D eigenvalue weighted by molar-refractivity contribution is 7.87. The van der Waals surface area contributed by atoms with E-state index < -0.39 is 10.1 Å². The lowest BCUT2D eigenvalue weighted by Gasteiger charge is -2.11. The molecule has 0 amide bonds. The molecule has 138 valence electrons. The fraction of sp³-hybridized carbons (Fsp3) is 0.211. The third kappa shape index (κ3) is 4.86. The maximum Gasteiger partial charge on any atom is 0.339 e. The van der Waals surface area contributed by atoms with Crippen molar-refractivity contribution in [3.8, 4) is 17.2 Å². The van der Waals surface area contributed by atoms with Gasteiger partial charge in [-0.1, -0.05) is 19.1 Å². The fourth-order valence-corrected chi connectivity index (χ4v) is 3.01. The average molecular weight is 376 g/mol. The molecule has 0 spiro atoms. The highest BCUT2D eigenvalue weighted by Crippen LogP contribution is 2.31. The van der Waals surface area contributed by atoms with Gasteiger partial charge >= 0.3 is 10.1 Å². The van der Waals surface area contributed by atoms with E-state index in [1.807, 2.05) is 0 Å². The lowest BCUT2D eigenvalue weighted by molar-refractivity contribution is -0.114. The van der Waals surface area contributed by atoms with Crippen molar-refractivity contribution in [2.24, 2.45) is 0 Å². The molecule has 2 aromatic carbocycles. The van der Waals surface area contributed by atoms with Crippen molar-refractivity contribution in [2.75, 3.05) is 14.2 Å². The summed E-state index contributed by atoms with van der Waals surface area (Å²) >= 11 is 0. The molecule has 2 aromatic rings. The number of allylic oxidation sites excluding steroid dienone is 1. The molecule has 0 aliphatic rings. The SMILES string of the molecule is CCC(=O)/C=C/c1ccc(OS(=O)(=O)c2ccc(OC)cc2)c(OC)c1. The summed E-state index contributed by atoms with van der Waals surface area (Å²) < 4.78 is 40.3. The molecule has 0 heterocycles. The Bertz CT molecular complexity index is 898. The van der Waals surface area contributed by atoms with E-state index in [-0.39, 0.29) is 22.2 Å². The molecule has 0 saturated heterocycles. The van der Waals surface area contributed by atoms with Gasteiger partial charge in [0.05, 0.1) is 14.2 Å². The van der Waals surface area contributed by atoms with Gasteiger partial charge in [-0.2, -0.15) is 8.42 Å². The molecule has 0 radical (unpaired) electrons. The second kappa shape index (κ2) is 8.53. The summed E-state index contributed by atoms with van der Waals surface area (Å²) in [6, 6.07) is 10.6. The van der Waals surface area contributed by atoms with Crippen molar-refractivity contribution in [3.05, 3.63) is 54.1 Å². The Morgan fingerprint density at radius 3 is 2.27 bits per heavy atom. The van der Waals surface area contributed by atoms with Crippen LogP contribution in [0.1, 0.15) is 18.9 Å². The number of carbonyl (C=O) groups is 1. The first-order valence-corrected chi connectivity index (χ1v) is 9.28. The predicted molar refractivity (Wildman–Crippen MR) is 98.1 cm³/mol. The van der Waals surface area contributed by atoms with Crippen LogP contribution in [-0.4, -0.2) is 28.4 Å². The molecule has 0 fully saturated rings. The maximum atomic E-state index is 12.4. The molecule has 6 nitrogen and oxygen atoms in total. The van der Waals surface area contributed by atoms with E-state index in [0.29, 0.717) is 17.7 Å². The van der Waals surface area contributed by atoms with Crippen LogP contribution in [0.3, 0.4) is 0 Å². The standard InChI is InChI=1S/C19H20O6S/c1-4-15(20)7-5-14-6-12-18(19(13-14)24-3)25-26(21,22)17-10-8-16(23-2)9-11-17/h5-13H,4H2,1-3H3/b7-5+. The van der Waals surface area contributed by atoms with Crippen LogP contribution >= 0.6 is 0 Å². The van der Waals surface area contributed by atoms with Crippen LogP contribution in [0.5, 0.6) is 17.2 Å². The minimum Gasteiger partial charge on any atom is -0.497 e. The third-order valence-corrected chi connectivity index (χ3v) is 4.79. The second-order valence-corrected chi connectivity index (χ2v) is 6.82. The van der Waals surface area contributed by atoms with Crippen LogP contribution in [0.2, 0.25) is 0 Å². The van der Waals surface area contributed by atoms with Crippen molar-refractivity contribution in [3.63, 3.8) is 0 Å². The first-order chi connectivity index (χ1) is 12.4. The zero-order chi connectivity index (χ0) is 19.2. The van der Waals surface area contributed by atoms with E-state index >= 15 is 0 Å². The number of carbonyl (C=O) groups excluding carboxylic acids is 1. The molecule has 26 heavy (non-hydrogen) atoms. The lowest BCUT2D eigenvalue weighted by atomic mass is 10.1. The Labute approximate surface area is 153 Å². The van der Waals surface area contributed by atoms with Gasteiger partial charge in [-0.15, -0.1) is 0 Å². The van der Waals surface area contributed by atoms with Crippen LogP contribution in [0, 0.1) is 0 Å². The number of rotatable bonds is 8. The lowest BCUT2D eigenvalue weighted by Crippen LogP contribution is -2.10. The zero-order valence-corrected chi connectivity index (χ0v) is 15.6. The van der Waals surface area contributed by atoms with Gasteiger partial charge in [0.25, 0.3) is 0 Å². The number of ketones is 1. The Hall–Kier alpha value is -2.80. The van der Waals surface area contributed by atoms with Gasteiger partial charge in [0.1, 0.15) is 10.6 Å². The Kier molecular flexibility index (Phi) is 6.41. The summed E-state index contributed by atoms with van der Waals surface area (Å²) in [5.74, 6) is 0.834. The molecule has 2 rings (SSSR count). The number of benzene rings is 2. The van der Waals surface area contributed by atoms with Crippen LogP contribution < -0.4 is 13.7 Å². The van der Waals surface area contributed by atoms with Gasteiger partial charge in [0.15, 0.2) is 17.3 Å². The quantitative estimate of drug-likeness (QED) is 0.519. The molecular weight excluding hydrogens is 356 g/mol. The Morgan fingerprint density at radius 2 is 1.69 bits per heavy atom. The highest BCUT2D eigenvalue weighted by Gasteiger charge is 2.19. The number of hydrogen-bond donors (Lipinski definition) is 0. The summed E-state index contributed by atoms with van der Waals surface area (Å²) in [5, 5.41) is 0. The molecular formula is C19H20O6S. The van der Waals surface area contributed by atoms with Crippen molar-refractivity contribution in [1.29, 1.82) is 0 Å². The summed E-state index contributed by atoms with van der Waals surface area (Å²) in [5.41, 5.74) is 0.692. The van der Waals surface area contributed by atoms with E-state index in [4.69, 9.17) is 13.7 Å². The van der Waals surface area contributed by atoms with E-state index in [1.54, 1.807) is 25.1 Å². The van der Waals surface area contributed by atoms with Gasteiger partial charge in [-0.25, -0.2) is 0 Å². The molecule has 0 aromatic heterocycles. The number of hydrogen-bond acceptors (Lipinski definition) is 6. The minimum atomic E-state index is -4.02. The Balaban J connectivity index is 2.27. The van der Waals surface area contributed by atoms with Crippen LogP contribution in [0.25, 0.3) is 6.08 Å². The monoisotopic (exact) mass is 376 g/mol. The summed E-state index contributed by atoms with van der Waals surface area (Å²) in [6.07, 6.45) is 3.51. The fourth-order valence-electron chi connectivity index (χ4n) is 2.07. The van der Waals surface area contributed by atoms with Gasteiger partial charge in [-0.05, 0) is 48.0 Å². The molecule has 0 atom stereocenters. The van der Waals surface area contributed by atoms with Gasteiger partial charge in [0.2, 0.25) is 0 Å². The molecule has 0 N–H and O–H groups in total. The smallest absolute Gasteiger partial charge is 0.339 e. The molecule has 0 saturated carbocycles. The first kappa shape index (κ1) is 19.5. The largest absolute Gasteiger partial charge is 0.497 e.